The molecule has 0 aromatic rings. The Kier molecular flexibility index (Phi) is 6.68. The Morgan fingerprint density at radius 1 is 1.21 bits per heavy atom. The maximum absolute atomic E-state index is 11.4. The summed E-state index contributed by atoms with van der Waals surface area (Å²) in [5.41, 5.74) is -0.623. The van der Waals surface area contributed by atoms with Crippen molar-refractivity contribution < 1.29 is 29.3 Å². The first-order valence-electron chi connectivity index (χ1n) is 5.59. The van der Waals surface area contributed by atoms with Gasteiger partial charge in [0, 0.05) is 11.8 Å². The van der Waals surface area contributed by atoms with Crippen molar-refractivity contribution in [2.24, 2.45) is 0 Å². The fourth-order valence-corrected chi connectivity index (χ4v) is 1.89. The fraction of sp³-hybridized carbons (Fsp3) is 0.727. The SMILES string of the molecule is C[C@H](CSC(C(=O)O)C(=O)O)NC(=O)OC(C)(C)C. The van der Waals surface area contributed by atoms with Crippen LogP contribution >= 0.6 is 11.8 Å². The number of carbonyl (C=O) groups excluding carboxylic acids is 1. The van der Waals surface area contributed by atoms with Crippen molar-refractivity contribution in [1.82, 2.24) is 5.32 Å². The largest absolute Gasteiger partial charge is 0.480 e. The molecule has 0 rings (SSSR count). The summed E-state index contributed by atoms with van der Waals surface area (Å²) in [6, 6.07) is -0.402. The molecule has 3 N–H and O–H groups in total. The minimum absolute atomic E-state index is 0.155. The van der Waals surface area contributed by atoms with Crippen molar-refractivity contribution in [3.63, 3.8) is 0 Å². The molecule has 0 aromatic heterocycles. The zero-order chi connectivity index (χ0) is 15.2. The van der Waals surface area contributed by atoms with Crippen molar-refractivity contribution in [1.29, 1.82) is 0 Å². The number of hydrogen-bond donors (Lipinski definition) is 3. The highest BCUT2D eigenvalue weighted by atomic mass is 32.2. The van der Waals surface area contributed by atoms with E-state index in [-0.39, 0.29) is 5.75 Å². The molecule has 7 nitrogen and oxygen atoms in total. The summed E-state index contributed by atoms with van der Waals surface area (Å²) in [7, 11) is 0. The van der Waals surface area contributed by atoms with Crippen molar-refractivity contribution in [3.05, 3.63) is 0 Å². The summed E-state index contributed by atoms with van der Waals surface area (Å²) < 4.78 is 5.02. The molecule has 0 saturated heterocycles. The Morgan fingerprint density at radius 2 is 1.68 bits per heavy atom. The fourth-order valence-electron chi connectivity index (χ4n) is 1.04. The third-order valence-corrected chi connectivity index (χ3v) is 3.15. The molecule has 0 aliphatic heterocycles. The van der Waals surface area contributed by atoms with E-state index in [1.807, 2.05) is 0 Å². The molecule has 0 unspecified atom stereocenters. The van der Waals surface area contributed by atoms with E-state index >= 15 is 0 Å². The average molecular weight is 293 g/mol. The van der Waals surface area contributed by atoms with Gasteiger partial charge in [-0.2, -0.15) is 0 Å². The topological polar surface area (TPSA) is 113 Å². The van der Waals surface area contributed by atoms with Crippen LogP contribution in [0.3, 0.4) is 0 Å². The van der Waals surface area contributed by atoms with Crippen LogP contribution in [0.5, 0.6) is 0 Å². The van der Waals surface area contributed by atoms with E-state index in [9.17, 15) is 14.4 Å². The summed E-state index contributed by atoms with van der Waals surface area (Å²) in [5, 5.41) is 18.3. The molecule has 0 aromatic carbocycles. The minimum Gasteiger partial charge on any atom is -0.480 e. The zero-order valence-electron chi connectivity index (χ0n) is 11.3. The first-order chi connectivity index (χ1) is 8.53. The highest BCUT2D eigenvalue weighted by molar-refractivity contribution is 8.01. The lowest BCUT2D eigenvalue weighted by atomic mass is 10.2. The number of carboxylic acid groups (broad SMARTS) is 2. The number of nitrogens with one attached hydrogen (secondary N) is 1. The van der Waals surface area contributed by atoms with Gasteiger partial charge in [0.15, 0.2) is 5.25 Å². The monoisotopic (exact) mass is 293 g/mol. The van der Waals surface area contributed by atoms with Gasteiger partial charge in [-0.1, -0.05) is 0 Å². The van der Waals surface area contributed by atoms with Gasteiger partial charge in [0.2, 0.25) is 0 Å². The normalized spacial score (nSPS) is 12.9. The van der Waals surface area contributed by atoms with Gasteiger partial charge >= 0.3 is 18.0 Å². The third-order valence-electron chi connectivity index (χ3n) is 1.72. The van der Waals surface area contributed by atoms with Crippen molar-refractivity contribution in [3.8, 4) is 0 Å². The predicted octanol–water partition coefficient (Wildman–Crippen LogP) is 1.17. The quantitative estimate of drug-likeness (QED) is 0.630. The molecule has 0 fully saturated rings. The predicted molar refractivity (Wildman–Crippen MR) is 70.3 cm³/mol. The molecule has 0 aliphatic rings. The van der Waals surface area contributed by atoms with Crippen LogP contribution in [0.2, 0.25) is 0 Å². The van der Waals surface area contributed by atoms with Crippen LogP contribution in [0, 0.1) is 0 Å². The first-order valence-corrected chi connectivity index (χ1v) is 6.64. The first kappa shape index (κ1) is 17.6. The molecule has 0 heterocycles. The Labute approximate surface area is 115 Å². The molecule has 110 valence electrons. The number of amides is 1. The second-order valence-electron chi connectivity index (χ2n) is 4.94. The molecule has 0 aliphatic carbocycles. The summed E-state index contributed by atoms with van der Waals surface area (Å²) in [5.74, 6) is -2.67. The molecule has 1 amide bonds. The van der Waals surface area contributed by atoms with Gasteiger partial charge in [-0.15, -0.1) is 11.8 Å². The second-order valence-corrected chi connectivity index (χ2v) is 6.08. The van der Waals surface area contributed by atoms with Crippen LogP contribution in [0.25, 0.3) is 0 Å². The maximum atomic E-state index is 11.4. The second kappa shape index (κ2) is 7.22. The van der Waals surface area contributed by atoms with Crippen molar-refractivity contribution in [2.45, 2.75) is 44.6 Å². The minimum atomic E-state index is -1.54. The maximum Gasteiger partial charge on any atom is 0.407 e. The van der Waals surface area contributed by atoms with Gasteiger partial charge in [0.05, 0.1) is 0 Å². The molecule has 0 radical (unpaired) electrons. The van der Waals surface area contributed by atoms with E-state index in [4.69, 9.17) is 14.9 Å². The number of hydrogen-bond acceptors (Lipinski definition) is 5. The van der Waals surface area contributed by atoms with Crippen LogP contribution in [-0.4, -0.2) is 50.9 Å². The van der Waals surface area contributed by atoms with Gasteiger partial charge in [0.25, 0.3) is 0 Å². The summed E-state index contributed by atoms with van der Waals surface area (Å²) >= 11 is 0.736. The highest BCUT2D eigenvalue weighted by Gasteiger charge is 2.27. The van der Waals surface area contributed by atoms with Crippen LogP contribution in [0.4, 0.5) is 4.79 Å². The van der Waals surface area contributed by atoms with Crippen LogP contribution in [0.1, 0.15) is 27.7 Å². The van der Waals surface area contributed by atoms with Crippen LogP contribution in [-0.2, 0) is 14.3 Å². The molecule has 0 spiro atoms. The van der Waals surface area contributed by atoms with Crippen LogP contribution < -0.4 is 5.32 Å². The lowest BCUT2D eigenvalue weighted by Gasteiger charge is -2.22. The van der Waals surface area contributed by atoms with Gasteiger partial charge in [-0.25, -0.2) is 4.79 Å². The molecule has 0 saturated carbocycles. The molecule has 8 heteroatoms. The number of rotatable bonds is 6. The molecular weight excluding hydrogens is 274 g/mol. The molecule has 1 atom stereocenters. The molecule has 0 bridgehead atoms. The Morgan fingerprint density at radius 3 is 2.05 bits per heavy atom. The van der Waals surface area contributed by atoms with Crippen molar-refractivity contribution >= 4 is 29.8 Å². The number of aliphatic carboxylic acids is 2. The van der Waals surface area contributed by atoms with E-state index in [0.717, 1.165) is 11.8 Å². The van der Waals surface area contributed by atoms with Crippen LogP contribution in [0.15, 0.2) is 0 Å². The zero-order valence-corrected chi connectivity index (χ0v) is 12.1. The van der Waals surface area contributed by atoms with Gasteiger partial charge in [-0.05, 0) is 27.7 Å². The summed E-state index contributed by atoms with van der Waals surface area (Å²) in [6.45, 7) is 6.79. The third kappa shape index (κ3) is 8.30. The smallest absolute Gasteiger partial charge is 0.407 e. The van der Waals surface area contributed by atoms with E-state index in [1.165, 1.54) is 0 Å². The highest BCUT2D eigenvalue weighted by Crippen LogP contribution is 2.13. The lowest BCUT2D eigenvalue weighted by Crippen LogP contribution is -2.39. The number of carboxylic acids is 2. The van der Waals surface area contributed by atoms with Gasteiger partial charge in [0.1, 0.15) is 5.60 Å². The number of ether oxygens (including phenoxy) is 1. The summed E-state index contributed by atoms with van der Waals surface area (Å²) in [6.07, 6.45) is -0.622. The van der Waals surface area contributed by atoms with Gasteiger partial charge in [-0.3, -0.25) is 9.59 Å². The number of carbonyl (C=O) groups is 3. The van der Waals surface area contributed by atoms with E-state index in [2.05, 4.69) is 5.32 Å². The standard InChI is InChI=1S/C11H19NO6S/c1-6(12-10(17)18-11(2,3)4)5-19-7(8(13)14)9(15)16/h6-7H,5H2,1-4H3,(H,12,17)(H,13,14)(H,15,16)/t6-/m1/s1. The average Bonchev–Trinajstić information content (AvgIpc) is 2.12. The Bertz CT molecular complexity index is 338. The summed E-state index contributed by atoms with van der Waals surface area (Å²) in [4.78, 5) is 32.7. The lowest BCUT2D eigenvalue weighted by molar-refractivity contribution is -0.146. The van der Waals surface area contributed by atoms with E-state index in [1.54, 1.807) is 27.7 Å². The van der Waals surface area contributed by atoms with E-state index in [0.29, 0.717) is 0 Å². The Hall–Kier alpha value is -1.44. The molecular formula is C11H19NO6S. The Balaban J connectivity index is 4.18. The van der Waals surface area contributed by atoms with E-state index < -0.39 is 34.9 Å². The molecule has 19 heavy (non-hydrogen) atoms. The van der Waals surface area contributed by atoms with Gasteiger partial charge < -0.3 is 20.3 Å². The van der Waals surface area contributed by atoms with Crippen molar-refractivity contribution in [2.75, 3.05) is 5.75 Å². The number of thioether (sulfide) groups is 1. The number of alkyl carbamates (subject to hydrolysis) is 1.